The fraction of sp³-hybridized carbons (Fsp3) is 0.214. The van der Waals surface area contributed by atoms with Crippen molar-refractivity contribution in [2.45, 2.75) is 12.6 Å². The third-order valence-electron chi connectivity index (χ3n) is 2.73. The molecule has 0 aliphatic carbocycles. The van der Waals surface area contributed by atoms with Crippen LogP contribution in [0.5, 0.6) is 11.5 Å². The first-order valence-corrected chi connectivity index (χ1v) is 6.65. The standard InChI is InChI=1S/C14H14N2O2S/c1-18-14-7-10(4-5-13(14)17)12(8-15)16-9-11-3-2-6-19-11/h2-7,12,16-17H,9H2,1H3. The van der Waals surface area contributed by atoms with Gasteiger partial charge in [0.05, 0.1) is 13.2 Å². The summed E-state index contributed by atoms with van der Waals surface area (Å²) in [6, 6.07) is 10.7. The van der Waals surface area contributed by atoms with Crippen LogP contribution in [0.3, 0.4) is 0 Å². The van der Waals surface area contributed by atoms with Gasteiger partial charge in [0, 0.05) is 11.4 Å². The van der Waals surface area contributed by atoms with E-state index in [9.17, 15) is 10.4 Å². The Hall–Kier alpha value is -2.03. The Morgan fingerprint density at radius 1 is 1.47 bits per heavy atom. The molecule has 0 fully saturated rings. The quantitative estimate of drug-likeness (QED) is 0.880. The average molecular weight is 274 g/mol. The van der Waals surface area contributed by atoms with Crippen LogP contribution in [0.25, 0.3) is 0 Å². The van der Waals surface area contributed by atoms with Gasteiger partial charge in [-0.1, -0.05) is 12.1 Å². The highest BCUT2D eigenvalue weighted by Crippen LogP contribution is 2.28. The number of nitrogens with one attached hydrogen (secondary N) is 1. The van der Waals surface area contributed by atoms with Gasteiger partial charge in [0.15, 0.2) is 11.5 Å². The minimum Gasteiger partial charge on any atom is -0.504 e. The number of rotatable bonds is 5. The van der Waals surface area contributed by atoms with E-state index in [1.807, 2.05) is 17.5 Å². The number of benzene rings is 1. The maximum Gasteiger partial charge on any atom is 0.160 e. The molecule has 0 aliphatic rings. The topological polar surface area (TPSA) is 65.3 Å². The van der Waals surface area contributed by atoms with Gasteiger partial charge in [-0.05, 0) is 29.1 Å². The highest BCUT2D eigenvalue weighted by molar-refractivity contribution is 7.09. The summed E-state index contributed by atoms with van der Waals surface area (Å²) in [5.74, 6) is 0.442. The second-order valence-corrected chi connectivity index (χ2v) is 4.99. The molecule has 5 heteroatoms. The molecule has 1 aromatic heterocycles. The average Bonchev–Trinajstić information content (AvgIpc) is 2.94. The summed E-state index contributed by atoms with van der Waals surface area (Å²) >= 11 is 1.64. The fourth-order valence-electron chi connectivity index (χ4n) is 1.73. The summed E-state index contributed by atoms with van der Waals surface area (Å²) in [4.78, 5) is 1.17. The zero-order valence-corrected chi connectivity index (χ0v) is 11.3. The van der Waals surface area contributed by atoms with Crippen molar-refractivity contribution in [1.29, 1.82) is 5.26 Å². The normalized spacial score (nSPS) is 11.8. The van der Waals surface area contributed by atoms with Crippen molar-refractivity contribution < 1.29 is 9.84 Å². The Morgan fingerprint density at radius 2 is 2.32 bits per heavy atom. The largest absolute Gasteiger partial charge is 0.504 e. The van der Waals surface area contributed by atoms with Crippen LogP contribution < -0.4 is 10.1 Å². The maximum atomic E-state index is 9.54. The number of thiophene rings is 1. The molecule has 0 saturated heterocycles. The lowest BCUT2D eigenvalue weighted by atomic mass is 10.1. The van der Waals surface area contributed by atoms with Crippen LogP contribution in [-0.2, 0) is 6.54 Å². The molecule has 0 radical (unpaired) electrons. The summed E-state index contributed by atoms with van der Waals surface area (Å²) < 4.78 is 5.05. The number of hydrogen-bond donors (Lipinski definition) is 2. The van der Waals surface area contributed by atoms with E-state index >= 15 is 0 Å². The van der Waals surface area contributed by atoms with E-state index in [0.29, 0.717) is 12.3 Å². The van der Waals surface area contributed by atoms with Gasteiger partial charge in [0.25, 0.3) is 0 Å². The predicted molar refractivity (Wildman–Crippen MR) is 74.2 cm³/mol. The minimum absolute atomic E-state index is 0.0706. The molecule has 1 atom stereocenters. The number of phenols is 1. The van der Waals surface area contributed by atoms with Crippen molar-refractivity contribution in [2.75, 3.05) is 7.11 Å². The minimum atomic E-state index is -0.434. The van der Waals surface area contributed by atoms with Gasteiger partial charge in [-0.15, -0.1) is 11.3 Å². The summed E-state index contributed by atoms with van der Waals surface area (Å²) in [7, 11) is 1.49. The Bertz CT molecular complexity index is 576. The highest BCUT2D eigenvalue weighted by Gasteiger charge is 2.12. The van der Waals surface area contributed by atoms with E-state index in [2.05, 4.69) is 11.4 Å². The molecule has 0 spiro atoms. The van der Waals surface area contributed by atoms with Gasteiger partial charge < -0.3 is 9.84 Å². The van der Waals surface area contributed by atoms with Crippen LogP contribution in [0.2, 0.25) is 0 Å². The smallest absolute Gasteiger partial charge is 0.160 e. The Balaban J connectivity index is 2.11. The SMILES string of the molecule is COc1cc(C(C#N)NCc2cccs2)ccc1O. The molecule has 2 aromatic rings. The first kappa shape index (κ1) is 13.4. The third-order valence-corrected chi connectivity index (χ3v) is 3.60. The lowest BCUT2D eigenvalue weighted by Gasteiger charge is -2.13. The first-order chi connectivity index (χ1) is 9.24. The summed E-state index contributed by atoms with van der Waals surface area (Å²) in [5, 5.41) is 23.9. The van der Waals surface area contributed by atoms with Crippen LogP contribution >= 0.6 is 11.3 Å². The second-order valence-electron chi connectivity index (χ2n) is 3.95. The zero-order chi connectivity index (χ0) is 13.7. The molecule has 0 saturated carbocycles. The molecule has 0 amide bonds. The van der Waals surface area contributed by atoms with E-state index in [-0.39, 0.29) is 5.75 Å². The van der Waals surface area contributed by atoms with Gasteiger partial charge in [0.1, 0.15) is 6.04 Å². The third kappa shape index (κ3) is 3.25. The molecule has 2 N–H and O–H groups in total. The Morgan fingerprint density at radius 3 is 2.95 bits per heavy atom. The van der Waals surface area contributed by atoms with Gasteiger partial charge in [-0.2, -0.15) is 5.26 Å². The van der Waals surface area contributed by atoms with Gasteiger partial charge in [-0.3, -0.25) is 5.32 Å². The Labute approximate surface area is 115 Å². The first-order valence-electron chi connectivity index (χ1n) is 5.77. The molecule has 0 bridgehead atoms. The van der Waals surface area contributed by atoms with Crippen LogP contribution in [-0.4, -0.2) is 12.2 Å². The van der Waals surface area contributed by atoms with Gasteiger partial charge in [0.2, 0.25) is 0 Å². The highest BCUT2D eigenvalue weighted by atomic mass is 32.1. The van der Waals surface area contributed by atoms with Crippen molar-refractivity contribution in [3.05, 3.63) is 46.2 Å². The molecule has 1 unspecified atom stereocenters. The predicted octanol–water partition coefficient (Wildman–Crippen LogP) is 2.82. The number of aromatic hydroxyl groups is 1. The fourth-order valence-corrected chi connectivity index (χ4v) is 2.38. The molecule has 98 valence electrons. The van der Waals surface area contributed by atoms with Crippen molar-refractivity contribution in [1.82, 2.24) is 5.32 Å². The number of nitrogens with zero attached hydrogens (tertiary/aromatic N) is 1. The van der Waals surface area contributed by atoms with Crippen LogP contribution in [0, 0.1) is 11.3 Å². The molecule has 4 nitrogen and oxygen atoms in total. The number of phenolic OH excluding ortho intramolecular Hbond substituents is 1. The number of nitriles is 1. The molecule has 19 heavy (non-hydrogen) atoms. The van der Waals surface area contributed by atoms with E-state index in [0.717, 1.165) is 5.56 Å². The molecule has 2 rings (SSSR count). The number of hydrogen-bond acceptors (Lipinski definition) is 5. The van der Waals surface area contributed by atoms with E-state index < -0.39 is 6.04 Å². The molecule has 1 heterocycles. The summed E-state index contributed by atoms with van der Waals surface area (Å²) in [5.41, 5.74) is 0.772. The van der Waals surface area contributed by atoms with Crippen molar-refractivity contribution >= 4 is 11.3 Å². The van der Waals surface area contributed by atoms with Crippen LogP contribution in [0.4, 0.5) is 0 Å². The van der Waals surface area contributed by atoms with Crippen molar-refractivity contribution in [3.8, 4) is 17.6 Å². The lowest BCUT2D eigenvalue weighted by molar-refractivity contribution is 0.372. The van der Waals surface area contributed by atoms with Crippen LogP contribution in [0.1, 0.15) is 16.5 Å². The second kappa shape index (κ2) is 6.23. The zero-order valence-electron chi connectivity index (χ0n) is 10.5. The lowest BCUT2D eigenvalue weighted by Crippen LogP contribution is -2.18. The van der Waals surface area contributed by atoms with Crippen molar-refractivity contribution in [3.63, 3.8) is 0 Å². The van der Waals surface area contributed by atoms with Gasteiger partial charge in [-0.25, -0.2) is 0 Å². The molecule has 0 aliphatic heterocycles. The van der Waals surface area contributed by atoms with Crippen LogP contribution in [0.15, 0.2) is 35.7 Å². The van der Waals surface area contributed by atoms with E-state index in [1.165, 1.54) is 18.1 Å². The summed E-state index contributed by atoms with van der Waals surface area (Å²) in [6.07, 6.45) is 0. The van der Waals surface area contributed by atoms with Crippen molar-refractivity contribution in [2.24, 2.45) is 0 Å². The Kier molecular flexibility index (Phi) is 4.39. The number of ether oxygens (including phenoxy) is 1. The molecule has 1 aromatic carbocycles. The number of methoxy groups -OCH3 is 1. The van der Waals surface area contributed by atoms with E-state index in [1.54, 1.807) is 23.5 Å². The monoisotopic (exact) mass is 274 g/mol. The maximum absolute atomic E-state index is 9.54. The molecular formula is C14H14N2O2S. The van der Waals surface area contributed by atoms with E-state index in [4.69, 9.17) is 4.74 Å². The van der Waals surface area contributed by atoms with Gasteiger partial charge >= 0.3 is 0 Å². The summed E-state index contributed by atoms with van der Waals surface area (Å²) in [6.45, 7) is 0.638. The molecular weight excluding hydrogens is 260 g/mol.